The molecule has 3 aromatic carbocycles. The minimum Gasteiger partial charge on any atom is -0.545 e. The second-order valence-electron chi connectivity index (χ2n) is 7.86. The number of amides is 1. The van der Waals surface area contributed by atoms with Crippen molar-refractivity contribution >= 4 is 23.3 Å². The van der Waals surface area contributed by atoms with E-state index in [2.05, 4.69) is 22.1 Å². The van der Waals surface area contributed by atoms with E-state index in [1.807, 2.05) is 61.6 Å². The predicted octanol–water partition coefficient (Wildman–Crippen LogP) is 1.49. The number of hydrogen-bond donors (Lipinski definition) is 1. The summed E-state index contributed by atoms with van der Waals surface area (Å²) >= 11 is 0. The van der Waals surface area contributed by atoms with Crippen molar-refractivity contribution < 1.29 is 44.3 Å². The first kappa shape index (κ1) is 26.2. The Morgan fingerprint density at radius 3 is 2.31 bits per heavy atom. The SMILES string of the molecule is CCN(C)c1ccccc1-c1ccc(C(=O)[O-])c(NC(=O)c2cncc(-c3ccccc3)c2)c1.[Na+]. The molecular formula is C28H24N3NaO3. The van der Waals surface area contributed by atoms with Crippen LogP contribution in [0.4, 0.5) is 11.4 Å². The van der Waals surface area contributed by atoms with E-state index in [4.69, 9.17) is 0 Å². The largest absolute Gasteiger partial charge is 1.00 e. The number of nitrogens with one attached hydrogen (secondary N) is 1. The number of carboxylic acids is 1. The Balaban J connectivity index is 0.00000342. The molecule has 0 radical (unpaired) electrons. The number of aromatic carboxylic acids is 1. The van der Waals surface area contributed by atoms with Crippen LogP contribution < -0.4 is 44.9 Å². The van der Waals surface area contributed by atoms with Crippen LogP contribution in [0.25, 0.3) is 22.3 Å². The van der Waals surface area contributed by atoms with E-state index < -0.39 is 11.9 Å². The molecule has 7 heteroatoms. The zero-order valence-electron chi connectivity index (χ0n) is 20.0. The van der Waals surface area contributed by atoms with Crippen LogP contribution in [0, 0.1) is 0 Å². The Hall–Kier alpha value is -3.45. The molecule has 170 valence electrons. The fourth-order valence-corrected chi connectivity index (χ4v) is 3.76. The summed E-state index contributed by atoms with van der Waals surface area (Å²) in [6.07, 6.45) is 3.14. The molecule has 1 aromatic heterocycles. The van der Waals surface area contributed by atoms with E-state index in [0.717, 1.165) is 34.5 Å². The first-order chi connectivity index (χ1) is 16.5. The van der Waals surface area contributed by atoms with Crippen molar-refractivity contribution in [1.82, 2.24) is 4.98 Å². The van der Waals surface area contributed by atoms with Gasteiger partial charge in [0.05, 0.1) is 17.2 Å². The summed E-state index contributed by atoms with van der Waals surface area (Å²) in [6, 6.07) is 24.0. The third-order valence-corrected chi connectivity index (χ3v) is 5.70. The van der Waals surface area contributed by atoms with E-state index in [9.17, 15) is 14.7 Å². The second-order valence-corrected chi connectivity index (χ2v) is 7.86. The first-order valence-electron chi connectivity index (χ1n) is 11.0. The van der Waals surface area contributed by atoms with Crippen molar-refractivity contribution in [2.24, 2.45) is 0 Å². The standard InChI is InChI=1S/C28H25N3O3.Na/c1-3-31(2)26-12-8-7-11-23(26)20-13-14-24(28(33)34)25(16-20)30-27(32)22-15-21(17-29-18-22)19-9-5-4-6-10-19;/h4-18H,3H2,1-2H3,(H,30,32)(H,33,34);/q;+1/p-1. The molecular weight excluding hydrogens is 449 g/mol. The Morgan fingerprint density at radius 2 is 1.60 bits per heavy atom. The number of benzene rings is 3. The first-order valence-corrected chi connectivity index (χ1v) is 11.0. The fourth-order valence-electron chi connectivity index (χ4n) is 3.76. The van der Waals surface area contributed by atoms with Gasteiger partial charge in [-0.2, -0.15) is 0 Å². The topological polar surface area (TPSA) is 85.4 Å². The fraction of sp³-hybridized carbons (Fsp3) is 0.107. The molecule has 0 saturated heterocycles. The van der Waals surface area contributed by atoms with E-state index in [1.54, 1.807) is 24.4 Å². The molecule has 0 aliphatic carbocycles. The molecule has 0 unspecified atom stereocenters. The molecule has 0 atom stereocenters. The van der Waals surface area contributed by atoms with Gasteiger partial charge in [0, 0.05) is 48.4 Å². The Labute approximate surface area is 226 Å². The van der Waals surface area contributed by atoms with Crippen molar-refractivity contribution in [3.05, 3.63) is 102 Å². The number of hydrogen-bond acceptors (Lipinski definition) is 5. The third-order valence-electron chi connectivity index (χ3n) is 5.70. The van der Waals surface area contributed by atoms with Gasteiger partial charge in [-0.05, 0) is 36.2 Å². The van der Waals surface area contributed by atoms with Crippen LogP contribution in [0.15, 0.2) is 91.3 Å². The summed E-state index contributed by atoms with van der Waals surface area (Å²) in [5, 5.41) is 14.5. The van der Waals surface area contributed by atoms with E-state index >= 15 is 0 Å². The number of rotatable bonds is 7. The summed E-state index contributed by atoms with van der Waals surface area (Å²) in [7, 11) is 1.99. The van der Waals surface area contributed by atoms with Crippen molar-refractivity contribution in [3.63, 3.8) is 0 Å². The molecule has 0 aliphatic rings. The monoisotopic (exact) mass is 473 g/mol. The van der Waals surface area contributed by atoms with Crippen LogP contribution in [-0.4, -0.2) is 30.5 Å². The number of carbonyl (C=O) groups excluding carboxylic acids is 2. The Morgan fingerprint density at radius 1 is 0.886 bits per heavy atom. The normalized spacial score (nSPS) is 10.2. The zero-order chi connectivity index (χ0) is 24.1. The molecule has 1 amide bonds. The molecule has 4 aromatic rings. The third kappa shape index (κ3) is 5.98. The van der Waals surface area contributed by atoms with Gasteiger partial charge < -0.3 is 20.1 Å². The van der Waals surface area contributed by atoms with Crippen LogP contribution in [-0.2, 0) is 0 Å². The number of pyridine rings is 1. The van der Waals surface area contributed by atoms with Gasteiger partial charge in [0.1, 0.15) is 0 Å². The minimum absolute atomic E-state index is 0. The maximum absolute atomic E-state index is 13.1. The van der Waals surface area contributed by atoms with Crippen molar-refractivity contribution in [1.29, 1.82) is 0 Å². The average Bonchev–Trinajstić information content (AvgIpc) is 2.88. The summed E-state index contributed by atoms with van der Waals surface area (Å²) in [4.78, 5) is 31.1. The van der Waals surface area contributed by atoms with Gasteiger partial charge >= 0.3 is 29.6 Å². The van der Waals surface area contributed by atoms with Crippen LogP contribution in [0.3, 0.4) is 0 Å². The van der Waals surface area contributed by atoms with Gasteiger partial charge in [0.15, 0.2) is 0 Å². The van der Waals surface area contributed by atoms with Crippen LogP contribution >= 0.6 is 0 Å². The van der Waals surface area contributed by atoms with Crippen LogP contribution in [0.2, 0.25) is 0 Å². The van der Waals surface area contributed by atoms with Gasteiger partial charge in [-0.15, -0.1) is 0 Å². The number of carbonyl (C=O) groups is 2. The molecule has 1 N–H and O–H groups in total. The Kier molecular flexibility index (Phi) is 8.82. The Bertz CT molecular complexity index is 1340. The van der Waals surface area contributed by atoms with Gasteiger partial charge in [0.2, 0.25) is 0 Å². The van der Waals surface area contributed by atoms with Crippen molar-refractivity contribution in [2.75, 3.05) is 23.8 Å². The molecule has 1 heterocycles. The summed E-state index contributed by atoms with van der Waals surface area (Å²) in [5.74, 6) is -1.82. The molecule has 0 saturated carbocycles. The predicted molar refractivity (Wildman–Crippen MR) is 133 cm³/mol. The maximum Gasteiger partial charge on any atom is 1.00 e. The smallest absolute Gasteiger partial charge is 0.545 e. The minimum atomic E-state index is -1.36. The molecule has 6 nitrogen and oxygen atoms in total. The van der Waals surface area contributed by atoms with Gasteiger partial charge in [-0.1, -0.05) is 60.7 Å². The van der Waals surface area contributed by atoms with Gasteiger partial charge in [-0.25, -0.2) is 0 Å². The van der Waals surface area contributed by atoms with E-state index in [0.29, 0.717) is 5.56 Å². The van der Waals surface area contributed by atoms with Gasteiger partial charge in [0.25, 0.3) is 5.91 Å². The number of para-hydroxylation sites is 1. The number of aromatic nitrogens is 1. The average molecular weight is 474 g/mol. The molecule has 0 aliphatic heterocycles. The zero-order valence-corrected chi connectivity index (χ0v) is 22.0. The number of anilines is 2. The summed E-state index contributed by atoms with van der Waals surface area (Å²) in [6.45, 7) is 2.86. The summed E-state index contributed by atoms with van der Waals surface area (Å²) in [5.41, 5.74) is 4.84. The molecule has 35 heavy (non-hydrogen) atoms. The number of nitrogens with zero attached hydrogens (tertiary/aromatic N) is 2. The summed E-state index contributed by atoms with van der Waals surface area (Å²) < 4.78 is 0. The molecule has 4 rings (SSSR count). The van der Waals surface area contributed by atoms with Gasteiger partial charge in [-0.3, -0.25) is 9.78 Å². The van der Waals surface area contributed by atoms with Crippen LogP contribution in [0.5, 0.6) is 0 Å². The van der Waals surface area contributed by atoms with E-state index in [1.165, 1.54) is 12.3 Å². The van der Waals surface area contributed by atoms with E-state index in [-0.39, 0.29) is 40.8 Å². The molecule has 0 fully saturated rings. The van der Waals surface area contributed by atoms with Crippen LogP contribution in [0.1, 0.15) is 27.6 Å². The number of carboxylic acid groups (broad SMARTS) is 1. The van der Waals surface area contributed by atoms with Crippen molar-refractivity contribution in [2.45, 2.75) is 6.92 Å². The quantitative estimate of drug-likeness (QED) is 0.411. The second kappa shape index (κ2) is 11.8. The maximum atomic E-state index is 13.1. The van der Waals surface area contributed by atoms with Crippen molar-refractivity contribution in [3.8, 4) is 22.3 Å². The molecule has 0 bridgehead atoms. The molecule has 0 spiro atoms.